The van der Waals surface area contributed by atoms with Gasteiger partial charge in [0.15, 0.2) is 0 Å². The molecular formula is C14H8BrF6N3O2. The Morgan fingerprint density at radius 2 is 1.35 bits per heavy atom. The Kier molecular flexibility index (Phi) is 5.35. The van der Waals surface area contributed by atoms with Gasteiger partial charge in [-0.2, -0.15) is 26.3 Å². The Morgan fingerprint density at radius 1 is 0.846 bits per heavy atom. The van der Waals surface area contributed by atoms with Crippen LogP contribution in [0.5, 0.6) is 0 Å². The molecule has 5 nitrogen and oxygen atoms in total. The minimum atomic E-state index is -5.09. The predicted octanol–water partition coefficient (Wildman–Crippen LogP) is 3.89. The van der Waals surface area contributed by atoms with E-state index in [1.54, 1.807) is 5.43 Å². The van der Waals surface area contributed by atoms with E-state index in [1.807, 2.05) is 5.43 Å². The molecule has 140 valence electrons. The number of carbonyl (C=O) groups is 2. The monoisotopic (exact) mass is 443 g/mol. The Morgan fingerprint density at radius 3 is 1.77 bits per heavy atom. The van der Waals surface area contributed by atoms with Crippen molar-refractivity contribution in [3.63, 3.8) is 0 Å². The van der Waals surface area contributed by atoms with E-state index in [4.69, 9.17) is 0 Å². The van der Waals surface area contributed by atoms with Crippen LogP contribution in [0.3, 0.4) is 0 Å². The minimum Gasteiger partial charge on any atom is -0.356 e. The van der Waals surface area contributed by atoms with Gasteiger partial charge >= 0.3 is 12.4 Å². The molecule has 0 spiro atoms. The maximum absolute atomic E-state index is 12.8. The number of alkyl halides is 6. The number of H-pyrrole nitrogens is 1. The lowest BCUT2D eigenvalue weighted by molar-refractivity contribution is -0.143. The summed E-state index contributed by atoms with van der Waals surface area (Å²) < 4.78 is 77.1. The van der Waals surface area contributed by atoms with Crippen LogP contribution in [-0.2, 0) is 12.4 Å². The summed E-state index contributed by atoms with van der Waals surface area (Å²) in [6.45, 7) is 0. The van der Waals surface area contributed by atoms with E-state index in [0.29, 0.717) is 4.47 Å². The molecule has 1 aromatic carbocycles. The van der Waals surface area contributed by atoms with Crippen molar-refractivity contribution in [3.8, 4) is 0 Å². The van der Waals surface area contributed by atoms with Crippen LogP contribution in [-0.4, -0.2) is 16.8 Å². The molecule has 0 aliphatic carbocycles. The third-order valence-electron chi connectivity index (χ3n) is 3.03. The van der Waals surface area contributed by atoms with Gasteiger partial charge in [0.2, 0.25) is 0 Å². The van der Waals surface area contributed by atoms with E-state index in [9.17, 15) is 35.9 Å². The van der Waals surface area contributed by atoms with Crippen LogP contribution >= 0.6 is 15.9 Å². The van der Waals surface area contributed by atoms with Crippen molar-refractivity contribution >= 4 is 27.7 Å². The van der Waals surface area contributed by atoms with Crippen LogP contribution in [0.15, 0.2) is 34.9 Å². The average Bonchev–Trinajstić information content (AvgIpc) is 2.96. The summed E-state index contributed by atoms with van der Waals surface area (Å²) in [5, 5.41) is 0. The maximum Gasteiger partial charge on any atom is 0.416 e. The van der Waals surface area contributed by atoms with E-state index in [-0.39, 0.29) is 23.9 Å². The quantitative estimate of drug-likeness (QED) is 0.486. The Hall–Kier alpha value is -2.50. The predicted molar refractivity (Wildman–Crippen MR) is 79.9 cm³/mol. The summed E-state index contributed by atoms with van der Waals surface area (Å²) in [4.78, 5) is 26.1. The van der Waals surface area contributed by atoms with Gasteiger partial charge < -0.3 is 4.98 Å². The van der Waals surface area contributed by atoms with Crippen LogP contribution in [0.25, 0.3) is 0 Å². The van der Waals surface area contributed by atoms with Crippen molar-refractivity contribution < 1.29 is 35.9 Å². The molecule has 0 unspecified atom stereocenters. The van der Waals surface area contributed by atoms with Gasteiger partial charge in [-0.05, 0) is 40.2 Å². The second-order valence-electron chi connectivity index (χ2n) is 4.93. The molecule has 2 aromatic rings. The highest BCUT2D eigenvalue weighted by Gasteiger charge is 2.37. The fourth-order valence-corrected chi connectivity index (χ4v) is 2.18. The fraction of sp³-hybridized carbons (Fsp3) is 0.143. The highest BCUT2D eigenvalue weighted by molar-refractivity contribution is 9.10. The van der Waals surface area contributed by atoms with Gasteiger partial charge in [-0.15, -0.1) is 0 Å². The maximum atomic E-state index is 12.8. The molecule has 0 radical (unpaired) electrons. The number of hydrogen-bond acceptors (Lipinski definition) is 2. The van der Waals surface area contributed by atoms with Crippen LogP contribution in [0.4, 0.5) is 26.3 Å². The third-order valence-corrected chi connectivity index (χ3v) is 3.49. The normalized spacial score (nSPS) is 12.0. The number of benzene rings is 1. The first-order valence-corrected chi connectivity index (χ1v) is 7.41. The van der Waals surface area contributed by atoms with E-state index in [1.165, 1.54) is 12.3 Å². The summed E-state index contributed by atoms with van der Waals surface area (Å²) in [7, 11) is 0. The number of hydrogen-bond donors (Lipinski definition) is 3. The summed E-state index contributed by atoms with van der Waals surface area (Å²) in [6.07, 6.45) is -8.77. The van der Waals surface area contributed by atoms with E-state index in [2.05, 4.69) is 20.9 Å². The zero-order chi connectivity index (χ0) is 19.7. The molecule has 3 N–H and O–H groups in total. The van der Waals surface area contributed by atoms with Gasteiger partial charge in [-0.1, -0.05) is 0 Å². The second-order valence-corrected chi connectivity index (χ2v) is 5.85. The molecular weight excluding hydrogens is 436 g/mol. The van der Waals surface area contributed by atoms with E-state index >= 15 is 0 Å². The van der Waals surface area contributed by atoms with Crippen LogP contribution in [0, 0.1) is 0 Å². The molecule has 0 aliphatic heterocycles. The van der Waals surface area contributed by atoms with Gasteiger partial charge in [-0.25, -0.2) is 0 Å². The summed E-state index contributed by atoms with van der Waals surface area (Å²) in [5.41, 5.74) is -0.573. The Balaban J connectivity index is 2.23. The molecule has 1 aromatic heterocycles. The summed E-state index contributed by atoms with van der Waals surface area (Å²) >= 11 is 3.06. The number of hydrazine groups is 1. The number of carbonyl (C=O) groups excluding carboxylic acids is 2. The third kappa shape index (κ3) is 4.77. The van der Waals surface area contributed by atoms with Gasteiger partial charge in [0, 0.05) is 16.2 Å². The zero-order valence-electron chi connectivity index (χ0n) is 12.3. The van der Waals surface area contributed by atoms with Crippen molar-refractivity contribution in [2.24, 2.45) is 0 Å². The number of halogens is 7. The lowest BCUT2D eigenvalue weighted by Gasteiger charge is -2.14. The number of aromatic amines is 1. The lowest BCUT2D eigenvalue weighted by atomic mass is 10.0. The molecule has 0 aliphatic rings. The number of aromatic nitrogens is 1. The van der Waals surface area contributed by atoms with Gasteiger partial charge in [0.25, 0.3) is 11.8 Å². The minimum absolute atomic E-state index is 0.00259. The van der Waals surface area contributed by atoms with Crippen LogP contribution < -0.4 is 10.9 Å². The second kappa shape index (κ2) is 7.02. The smallest absolute Gasteiger partial charge is 0.356 e. The largest absolute Gasteiger partial charge is 0.416 e. The first-order valence-electron chi connectivity index (χ1n) is 6.62. The first-order chi connectivity index (χ1) is 11.9. The van der Waals surface area contributed by atoms with Crippen LogP contribution in [0.1, 0.15) is 32.0 Å². The van der Waals surface area contributed by atoms with Gasteiger partial charge in [-0.3, -0.25) is 20.4 Å². The zero-order valence-corrected chi connectivity index (χ0v) is 13.9. The van der Waals surface area contributed by atoms with Crippen LogP contribution in [0.2, 0.25) is 0 Å². The topological polar surface area (TPSA) is 74.0 Å². The molecule has 0 saturated heterocycles. The summed E-state index contributed by atoms with van der Waals surface area (Å²) in [5.74, 6) is -2.20. The van der Waals surface area contributed by atoms with Gasteiger partial charge in [0.05, 0.1) is 11.1 Å². The molecule has 0 bridgehead atoms. The highest BCUT2D eigenvalue weighted by atomic mass is 79.9. The standard InChI is InChI=1S/C14H8BrF6N3O2/c15-9-4-10(22-5-9)12(26)24-23-11(25)6-1-7(13(16,17)18)3-8(2-6)14(19,20)21/h1-5,22H,(H,23,25)(H,24,26). The van der Waals surface area contributed by atoms with Crippen molar-refractivity contribution in [1.29, 1.82) is 0 Å². The number of nitrogens with one attached hydrogen (secondary N) is 3. The number of rotatable bonds is 2. The first kappa shape index (κ1) is 19.8. The molecule has 2 rings (SSSR count). The number of amides is 2. The summed E-state index contributed by atoms with van der Waals surface area (Å²) in [6, 6.07) is 1.74. The lowest BCUT2D eigenvalue weighted by Crippen LogP contribution is -2.41. The molecule has 0 saturated carbocycles. The molecule has 2 amide bonds. The van der Waals surface area contributed by atoms with Crippen molar-refractivity contribution in [1.82, 2.24) is 15.8 Å². The molecule has 1 heterocycles. The molecule has 0 fully saturated rings. The SMILES string of the molecule is O=C(NNC(=O)c1cc(Br)c[nH]1)c1cc(C(F)(F)F)cc(C(F)(F)F)c1. The molecule has 0 atom stereocenters. The Labute approximate surface area is 149 Å². The average molecular weight is 444 g/mol. The molecule has 26 heavy (non-hydrogen) atoms. The van der Waals surface area contributed by atoms with Crippen molar-refractivity contribution in [3.05, 3.63) is 57.3 Å². The highest BCUT2D eigenvalue weighted by Crippen LogP contribution is 2.36. The van der Waals surface area contributed by atoms with E-state index in [0.717, 1.165) is 0 Å². The van der Waals surface area contributed by atoms with Crippen molar-refractivity contribution in [2.75, 3.05) is 0 Å². The van der Waals surface area contributed by atoms with Crippen molar-refractivity contribution in [2.45, 2.75) is 12.4 Å². The van der Waals surface area contributed by atoms with E-state index < -0.39 is 40.9 Å². The Bertz CT molecular complexity index is 812. The fourth-order valence-electron chi connectivity index (χ4n) is 1.84. The van der Waals surface area contributed by atoms with Gasteiger partial charge in [0.1, 0.15) is 5.69 Å². The molecule has 12 heteroatoms.